The monoisotopic (exact) mass is 432 g/mol. The number of fused-ring (bicyclic) bond motifs is 2. The van der Waals surface area contributed by atoms with Gasteiger partial charge < -0.3 is 24.3 Å². The van der Waals surface area contributed by atoms with Crippen LogP contribution in [0.1, 0.15) is 15.9 Å². The third-order valence-electron chi connectivity index (χ3n) is 5.25. The van der Waals surface area contributed by atoms with E-state index in [1.807, 2.05) is 36.4 Å². The molecule has 0 bridgehead atoms. The van der Waals surface area contributed by atoms with E-state index in [0.717, 1.165) is 16.8 Å². The minimum absolute atomic E-state index is 0.204. The van der Waals surface area contributed by atoms with Gasteiger partial charge in [-0.2, -0.15) is 5.10 Å². The van der Waals surface area contributed by atoms with Gasteiger partial charge in [0.1, 0.15) is 17.1 Å². The third-order valence-corrected chi connectivity index (χ3v) is 5.25. The lowest BCUT2D eigenvalue weighted by atomic mass is 10.1. The van der Waals surface area contributed by atoms with E-state index in [9.17, 15) is 4.79 Å². The number of hydrogen-bond acceptors (Lipinski definition) is 7. The van der Waals surface area contributed by atoms with Gasteiger partial charge in [-0.25, -0.2) is 9.50 Å². The van der Waals surface area contributed by atoms with Crippen molar-refractivity contribution in [2.24, 2.45) is 0 Å². The molecule has 0 aliphatic carbocycles. The standard InChI is InChI=1S/C23H20N4O5/c1-29-16-5-3-15(20(10-16)30-2)11-25-23(28)17-12-26-27-18(7-8-24-22(17)27)14-4-6-19-21(9-14)32-13-31-19/h3-10,12H,11,13H2,1-2H3,(H,25,28). The highest BCUT2D eigenvalue weighted by Crippen LogP contribution is 2.36. The van der Waals surface area contributed by atoms with Gasteiger partial charge in [-0.3, -0.25) is 4.79 Å². The number of aromatic nitrogens is 3. The SMILES string of the molecule is COc1ccc(CNC(=O)c2cnn3c(-c4ccc5c(c4)OCO5)ccnc23)c(OC)c1. The van der Waals surface area contributed by atoms with E-state index in [1.165, 1.54) is 6.20 Å². The number of nitrogens with zero attached hydrogens (tertiary/aromatic N) is 3. The molecular formula is C23H20N4O5. The molecular weight excluding hydrogens is 412 g/mol. The number of hydrogen-bond donors (Lipinski definition) is 1. The van der Waals surface area contributed by atoms with Crippen LogP contribution >= 0.6 is 0 Å². The Labute approximate surface area is 183 Å². The fourth-order valence-corrected chi connectivity index (χ4v) is 3.59. The van der Waals surface area contributed by atoms with Crippen LogP contribution in [0, 0.1) is 0 Å². The average Bonchev–Trinajstić information content (AvgIpc) is 3.48. The van der Waals surface area contributed by atoms with E-state index in [1.54, 1.807) is 31.0 Å². The first-order valence-corrected chi connectivity index (χ1v) is 9.90. The van der Waals surface area contributed by atoms with Crippen molar-refractivity contribution in [3.05, 3.63) is 66.0 Å². The summed E-state index contributed by atoms with van der Waals surface area (Å²) < 4.78 is 23.1. The van der Waals surface area contributed by atoms with Gasteiger partial charge in [0.15, 0.2) is 17.1 Å². The van der Waals surface area contributed by atoms with Gasteiger partial charge in [0.25, 0.3) is 5.91 Å². The molecule has 1 N–H and O–H groups in total. The molecule has 2 aromatic heterocycles. The van der Waals surface area contributed by atoms with Crippen molar-refractivity contribution >= 4 is 11.6 Å². The van der Waals surface area contributed by atoms with E-state index in [0.29, 0.717) is 34.2 Å². The van der Waals surface area contributed by atoms with Gasteiger partial charge in [0.2, 0.25) is 6.79 Å². The molecule has 0 atom stereocenters. The van der Waals surface area contributed by atoms with E-state index in [4.69, 9.17) is 18.9 Å². The van der Waals surface area contributed by atoms with Crippen LogP contribution in [0.25, 0.3) is 16.9 Å². The van der Waals surface area contributed by atoms with E-state index in [2.05, 4.69) is 15.4 Å². The minimum atomic E-state index is -0.284. The number of nitrogens with one attached hydrogen (secondary N) is 1. The second kappa shape index (κ2) is 8.10. The molecule has 5 rings (SSSR count). The summed E-state index contributed by atoms with van der Waals surface area (Å²) in [5, 5.41) is 7.31. The highest BCUT2D eigenvalue weighted by Gasteiger charge is 2.19. The van der Waals surface area contributed by atoms with Gasteiger partial charge in [-0.1, -0.05) is 0 Å². The number of methoxy groups -OCH3 is 2. The first kappa shape index (κ1) is 19.7. The zero-order valence-corrected chi connectivity index (χ0v) is 17.5. The quantitative estimate of drug-likeness (QED) is 0.500. The fraction of sp³-hybridized carbons (Fsp3) is 0.174. The zero-order chi connectivity index (χ0) is 22.1. The average molecular weight is 432 g/mol. The summed E-state index contributed by atoms with van der Waals surface area (Å²) in [4.78, 5) is 17.3. The van der Waals surface area contributed by atoms with Crippen LogP contribution in [0.2, 0.25) is 0 Å². The molecule has 9 nitrogen and oxygen atoms in total. The number of amides is 1. The molecule has 3 heterocycles. The molecule has 4 aromatic rings. The second-order valence-corrected chi connectivity index (χ2v) is 7.05. The van der Waals surface area contributed by atoms with Crippen LogP contribution < -0.4 is 24.3 Å². The molecule has 0 radical (unpaired) electrons. The largest absolute Gasteiger partial charge is 0.497 e. The van der Waals surface area contributed by atoms with Crippen LogP contribution in [0.5, 0.6) is 23.0 Å². The molecule has 162 valence electrons. The number of ether oxygens (including phenoxy) is 4. The summed E-state index contributed by atoms with van der Waals surface area (Å²) in [7, 11) is 3.17. The smallest absolute Gasteiger partial charge is 0.257 e. The van der Waals surface area contributed by atoms with Crippen molar-refractivity contribution in [3.63, 3.8) is 0 Å². The normalized spacial score (nSPS) is 12.1. The summed E-state index contributed by atoms with van der Waals surface area (Å²) in [6.07, 6.45) is 3.17. The maximum atomic E-state index is 12.9. The van der Waals surface area contributed by atoms with Crippen molar-refractivity contribution in [1.82, 2.24) is 19.9 Å². The molecule has 1 aliphatic heterocycles. The van der Waals surface area contributed by atoms with E-state index in [-0.39, 0.29) is 19.2 Å². The lowest BCUT2D eigenvalue weighted by molar-refractivity contribution is 0.0952. The van der Waals surface area contributed by atoms with Gasteiger partial charge in [0, 0.05) is 29.9 Å². The van der Waals surface area contributed by atoms with Gasteiger partial charge >= 0.3 is 0 Å². The highest BCUT2D eigenvalue weighted by molar-refractivity contribution is 5.99. The summed E-state index contributed by atoms with van der Waals surface area (Å²) in [5.41, 5.74) is 3.32. The summed E-state index contributed by atoms with van der Waals surface area (Å²) in [6, 6.07) is 12.9. The molecule has 9 heteroatoms. The highest BCUT2D eigenvalue weighted by atomic mass is 16.7. The van der Waals surface area contributed by atoms with Crippen molar-refractivity contribution in [3.8, 4) is 34.3 Å². The molecule has 0 spiro atoms. The van der Waals surface area contributed by atoms with Crippen molar-refractivity contribution < 1.29 is 23.7 Å². The van der Waals surface area contributed by atoms with E-state index >= 15 is 0 Å². The fourth-order valence-electron chi connectivity index (χ4n) is 3.59. The molecule has 0 saturated heterocycles. The molecule has 0 fully saturated rings. The Balaban J connectivity index is 1.41. The Bertz CT molecular complexity index is 1320. The Morgan fingerprint density at radius 3 is 2.81 bits per heavy atom. The summed E-state index contributed by atoms with van der Waals surface area (Å²) in [5.74, 6) is 2.40. The number of benzene rings is 2. The molecule has 32 heavy (non-hydrogen) atoms. The Morgan fingerprint density at radius 2 is 1.97 bits per heavy atom. The number of rotatable bonds is 6. The van der Waals surface area contributed by atoms with Crippen LogP contribution in [-0.2, 0) is 6.54 Å². The lowest BCUT2D eigenvalue weighted by Crippen LogP contribution is -2.23. The third kappa shape index (κ3) is 3.43. The molecule has 0 saturated carbocycles. The number of carbonyl (C=O) groups is 1. The van der Waals surface area contributed by atoms with Crippen LogP contribution in [0.3, 0.4) is 0 Å². The van der Waals surface area contributed by atoms with Crippen LogP contribution in [0.15, 0.2) is 54.9 Å². The second-order valence-electron chi connectivity index (χ2n) is 7.05. The maximum Gasteiger partial charge on any atom is 0.257 e. The Morgan fingerprint density at radius 1 is 1.09 bits per heavy atom. The predicted molar refractivity (Wildman–Crippen MR) is 115 cm³/mol. The van der Waals surface area contributed by atoms with Crippen LogP contribution in [0.4, 0.5) is 0 Å². The van der Waals surface area contributed by atoms with Crippen LogP contribution in [-0.4, -0.2) is 41.5 Å². The Hall–Kier alpha value is -4.27. The van der Waals surface area contributed by atoms with Crippen molar-refractivity contribution in [2.75, 3.05) is 21.0 Å². The summed E-state index contributed by atoms with van der Waals surface area (Å²) >= 11 is 0. The summed E-state index contributed by atoms with van der Waals surface area (Å²) in [6.45, 7) is 0.487. The Kier molecular flexibility index (Phi) is 4.98. The predicted octanol–water partition coefficient (Wildman–Crippen LogP) is 3.07. The maximum absolute atomic E-state index is 12.9. The lowest BCUT2D eigenvalue weighted by Gasteiger charge is -2.11. The molecule has 1 aliphatic rings. The minimum Gasteiger partial charge on any atom is -0.497 e. The first-order valence-electron chi connectivity index (χ1n) is 9.90. The molecule has 1 amide bonds. The van der Waals surface area contributed by atoms with Gasteiger partial charge in [-0.05, 0) is 36.4 Å². The zero-order valence-electron chi connectivity index (χ0n) is 17.5. The van der Waals surface area contributed by atoms with Gasteiger partial charge in [0.05, 0.1) is 26.1 Å². The van der Waals surface area contributed by atoms with Crippen molar-refractivity contribution in [2.45, 2.75) is 6.54 Å². The first-order chi connectivity index (χ1) is 15.7. The molecule has 2 aromatic carbocycles. The van der Waals surface area contributed by atoms with E-state index < -0.39 is 0 Å². The number of carbonyl (C=O) groups excluding carboxylic acids is 1. The molecule has 0 unspecified atom stereocenters. The van der Waals surface area contributed by atoms with Crippen molar-refractivity contribution in [1.29, 1.82) is 0 Å². The van der Waals surface area contributed by atoms with Gasteiger partial charge in [-0.15, -0.1) is 0 Å². The topological polar surface area (TPSA) is 96.2 Å².